The molecular weight excluding hydrogens is 242 g/mol. The van der Waals surface area contributed by atoms with Gasteiger partial charge in [-0.15, -0.1) is 11.8 Å². The van der Waals surface area contributed by atoms with Crippen LogP contribution in [-0.2, 0) is 0 Å². The Bertz CT molecular complexity index is 444. The summed E-state index contributed by atoms with van der Waals surface area (Å²) in [5, 5.41) is 4.48. The monoisotopic (exact) mass is 263 g/mol. The van der Waals surface area contributed by atoms with Crippen LogP contribution in [0.4, 0.5) is 0 Å². The molecule has 0 radical (unpaired) electrons. The maximum absolute atomic E-state index is 5.37. The first kappa shape index (κ1) is 12.4. The number of hydrogen-bond donors (Lipinski definition) is 1. The van der Waals surface area contributed by atoms with E-state index >= 15 is 0 Å². The summed E-state index contributed by atoms with van der Waals surface area (Å²) in [7, 11) is 1.74. The van der Waals surface area contributed by atoms with Gasteiger partial charge in [-0.2, -0.15) is 0 Å². The zero-order valence-corrected chi connectivity index (χ0v) is 12.1. The van der Waals surface area contributed by atoms with E-state index in [1.165, 1.54) is 23.3 Å². The zero-order valence-electron chi connectivity index (χ0n) is 11.3. The molecule has 0 aromatic heterocycles. The maximum Gasteiger partial charge on any atom is 0.119 e. The minimum absolute atomic E-state index is 0.485. The van der Waals surface area contributed by atoms with Crippen LogP contribution in [0.25, 0.3) is 0 Å². The molecule has 3 atom stereocenters. The molecule has 3 unspecified atom stereocenters. The van der Waals surface area contributed by atoms with Crippen LogP contribution in [0.2, 0.25) is 0 Å². The lowest BCUT2D eigenvalue weighted by atomic mass is 9.91. The van der Waals surface area contributed by atoms with Gasteiger partial charge in [0.25, 0.3) is 0 Å². The largest absolute Gasteiger partial charge is 0.497 e. The number of fused-ring (bicyclic) bond motifs is 1. The Morgan fingerprint density at radius 1 is 1.28 bits per heavy atom. The van der Waals surface area contributed by atoms with Gasteiger partial charge in [-0.05, 0) is 42.5 Å². The predicted molar refractivity (Wildman–Crippen MR) is 76.4 cm³/mol. The Labute approximate surface area is 113 Å². The van der Waals surface area contributed by atoms with Crippen LogP contribution in [0, 0.1) is 5.92 Å². The third kappa shape index (κ3) is 2.26. The highest BCUT2D eigenvalue weighted by atomic mass is 32.2. The second-order valence-electron chi connectivity index (χ2n) is 5.50. The fraction of sp³-hybridized carbons (Fsp3) is 0.600. The quantitative estimate of drug-likeness (QED) is 0.900. The molecule has 18 heavy (non-hydrogen) atoms. The van der Waals surface area contributed by atoms with Crippen molar-refractivity contribution in [1.82, 2.24) is 5.32 Å². The average Bonchev–Trinajstić information content (AvgIpc) is 3.18. The Morgan fingerprint density at radius 3 is 2.72 bits per heavy atom. The van der Waals surface area contributed by atoms with Crippen molar-refractivity contribution in [2.24, 2.45) is 5.92 Å². The molecule has 0 bridgehead atoms. The molecule has 1 aromatic carbocycles. The van der Waals surface area contributed by atoms with E-state index in [0.29, 0.717) is 17.2 Å². The van der Waals surface area contributed by atoms with Gasteiger partial charge in [0, 0.05) is 22.2 Å². The van der Waals surface area contributed by atoms with Crippen LogP contribution in [0.15, 0.2) is 23.1 Å². The van der Waals surface area contributed by atoms with Crippen molar-refractivity contribution in [2.75, 3.05) is 7.11 Å². The molecule has 1 aliphatic heterocycles. The summed E-state index contributed by atoms with van der Waals surface area (Å²) in [5.41, 5.74) is 1.43. The number of nitrogens with one attached hydrogen (secondary N) is 1. The third-order valence-electron chi connectivity index (χ3n) is 4.12. The molecule has 3 heteroatoms. The highest BCUT2D eigenvalue weighted by molar-refractivity contribution is 8.00. The molecule has 1 N–H and O–H groups in total. The summed E-state index contributed by atoms with van der Waals surface area (Å²) in [6, 6.07) is 7.72. The Balaban J connectivity index is 1.95. The van der Waals surface area contributed by atoms with Gasteiger partial charge in [-0.25, -0.2) is 0 Å². The molecule has 0 spiro atoms. The van der Waals surface area contributed by atoms with Crippen molar-refractivity contribution in [3.63, 3.8) is 0 Å². The van der Waals surface area contributed by atoms with E-state index in [2.05, 4.69) is 37.4 Å². The predicted octanol–water partition coefficient (Wildman–Crippen LogP) is 3.62. The summed E-state index contributed by atoms with van der Waals surface area (Å²) < 4.78 is 5.37. The van der Waals surface area contributed by atoms with Gasteiger partial charge in [0.05, 0.1) is 7.11 Å². The lowest BCUT2D eigenvalue weighted by Gasteiger charge is -2.36. The number of benzene rings is 1. The van der Waals surface area contributed by atoms with E-state index in [4.69, 9.17) is 4.74 Å². The number of thioether (sulfide) groups is 1. The van der Waals surface area contributed by atoms with Gasteiger partial charge < -0.3 is 10.1 Å². The number of methoxy groups -OCH3 is 1. The Kier molecular flexibility index (Phi) is 3.29. The second kappa shape index (κ2) is 4.78. The van der Waals surface area contributed by atoms with Crippen LogP contribution in [0.5, 0.6) is 5.75 Å². The van der Waals surface area contributed by atoms with Crippen LogP contribution in [-0.4, -0.2) is 18.4 Å². The van der Waals surface area contributed by atoms with Gasteiger partial charge in [0.2, 0.25) is 0 Å². The van der Waals surface area contributed by atoms with E-state index in [1.54, 1.807) is 7.11 Å². The SMILES string of the molecule is COc1ccc2c(c1)C(NC1CC1)C(C)C(C)S2. The van der Waals surface area contributed by atoms with Crippen molar-refractivity contribution in [1.29, 1.82) is 0 Å². The van der Waals surface area contributed by atoms with Crippen LogP contribution < -0.4 is 10.1 Å². The highest BCUT2D eigenvalue weighted by Crippen LogP contribution is 2.46. The Hall–Kier alpha value is -0.670. The van der Waals surface area contributed by atoms with Crippen LogP contribution in [0.3, 0.4) is 0 Å². The molecule has 2 aliphatic rings. The van der Waals surface area contributed by atoms with Gasteiger partial charge in [-0.1, -0.05) is 13.8 Å². The Morgan fingerprint density at radius 2 is 2.06 bits per heavy atom. The molecule has 0 saturated heterocycles. The average molecular weight is 263 g/mol. The van der Waals surface area contributed by atoms with Crippen LogP contribution >= 0.6 is 11.8 Å². The van der Waals surface area contributed by atoms with E-state index in [-0.39, 0.29) is 0 Å². The van der Waals surface area contributed by atoms with E-state index in [9.17, 15) is 0 Å². The first-order valence-corrected chi connectivity index (χ1v) is 7.67. The van der Waals surface area contributed by atoms with Gasteiger partial charge in [-0.3, -0.25) is 0 Å². The van der Waals surface area contributed by atoms with Gasteiger partial charge >= 0.3 is 0 Å². The van der Waals surface area contributed by atoms with Crippen molar-refractivity contribution in [3.8, 4) is 5.75 Å². The van der Waals surface area contributed by atoms with Crippen molar-refractivity contribution in [3.05, 3.63) is 23.8 Å². The lowest BCUT2D eigenvalue weighted by Crippen LogP contribution is -2.35. The first-order chi connectivity index (χ1) is 8.69. The van der Waals surface area contributed by atoms with Crippen molar-refractivity contribution < 1.29 is 4.74 Å². The number of rotatable bonds is 3. The summed E-state index contributed by atoms with van der Waals surface area (Å²) in [5.74, 6) is 1.63. The smallest absolute Gasteiger partial charge is 0.119 e. The highest BCUT2D eigenvalue weighted by Gasteiger charge is 2.35. The van der Waals surface area contributed by atoms with E-state index in [1.807, 2.05) is 11.8 Å². The summed E-state index contributed by atoms with van der Waals surface area (Å²) in [4.78, 5) is 1.42. The lowest BCUT2D eigenvalue weighted by molar-refractivity contribution is 0.365. The zero-order chi connectivity index (χ0) is 12.7. The van der Waals surface area contributed by atoms with Crippen molar-refractivity contribution >= 4 is 11.8 Å². The molecule has 1 saturated carbocycles. The molecule has 1 heterocycles. The summed E-state index contributed by atoms with van der Waals surface area (Å²) in [6.45, 7) is 4.70. The number of ether oxygens (including phenoxy) is 1. The molecule has 1 aromatic rings. The minimum atomic E-state index is 0.485. The number of hydrogen-bond acceptors (Lipinski definition) is 3. The third-order valence-corrected chi connectivity index (χ3v) is 5.55. The van der Waals surface area contributed by atoms with Gasteiger partial charge in [0.1, 0.15) is 5.75 Å². The molecule has 2 nitrogen and oxygen atoms in total. The fourth-order valence-corrected chi connectivity index (χ4v) is 3.85. The fourth-order valence-electron chi connectivity index (χ4n) is 2.61. The molecule has 98 valence electrons. The molecular formula is C15H21NOS. The summed E-state index contributed by atoms with van der Waals surface area (Å²) in [6.07, 6.45) is 2.67. The summed E-state index contributed by atoms with van der Waals surface area (Å²) >= 11 is 1.99. The van der Waals surface area contributed by atoms with Crippen LogP contribution in [0.1, 0.15) is 38.3 Å². The van der Waals surface area contributed by atoms with Crippen molar-refractivity contribution in [2.45, 2.75) is 48.9 Å². The van der Waals surface area contributed by atoms with Gasteiger partial charge in [0.15, 0.2) is 0 Å². The normalized spacial score (nSPS) is 30.9. The van der Waals surface area contributed by atoms with E-state index in [0.717, 1.165) is 11.8 Å². The van der Waals surface area contributed by atoms with E-state index < -0.39 is 0 Å². The first-order valence-electron chi connectivity index (χ1n) is 6.79. The molecule has 3 rings (SSSR count). The maximum atomic E-state index is 5.37. The topological polar surface area (TPSA) is 21.3 Å². The standard InChI is InChI=1S/C15H21NOS/c1-9-10(2)18-14-7-6-12(17-3)8-13(14)15(9)16-11-4-5-11/h6-11,15-16H,4-5H2,1-3H3. The molecule has 1 aliphatic carbocycles. The second-order valence-corrected chi connectivity index (χ2v) is 6.92. The molecule has 0 amide bonds. The molecule has 1 fully saturated rings. The minimum Gasteiger partial charge on any atom is -0.497 e.